The highest BCUT2D eigenvalue weighted by Crippen LogP contribution is 2.32. The summed E-state index contributed by atoms with van der Waals surface area (Å²) in [6, 6.07) is 22.8. The molecular formula is C22H14F3N3O3. The molecule has 0 atom stereocenters. The molecule has 31 heavy (non-hydrogen) atoms. The van der Waals surface area contributed by atoms with E-state index in [9.17, 15) is 23.5 Å². The van der Waals surface area contributed by atoms with Crippen molar-refractivity contribution in [2.24, 2.45) is 0 Å². The van der Waals surface area contributed by atoms with E-state index in [-0.39, 0.29) is 5.75 Å². The lowest BCUT2D eigenvalue weighted by Crippen LogP contribution is -2.21. The van der Waals surface area contributed by atoms with Gasteiger partial charge in [-0.25, -0.2) is 9.78 Å². The van der Waals surface area contributed by atoms with Gasteiger partial charge >= 0.3 is 12.1 Å². The molecule has 0 amide bonds. The molecule has 156 valence electrons. The number of aromatic hydroxyl groups is 1. The first-order valence-electron chi connectivity index (χ1n) is 8.77. The van der Waals surface area contributed by atoms with Crippen LogP contribution in [0.25, 0.3) is 27.8 Å². The first-order chi connectivity index (χ1) is 14.7. The van der Waals surface area contributed by atoms with Gasteiger partial charge in [-0.15, -0.1) is 0 Å². The van der Waals surface area contributed by atoms with Gasteiger partial charge in [-0.3, -0.25) is 4.57 Å². The number of para-hydroxylation sites is 1. The van der Waals surface area contributed by atoms with Gasteiger partial charge in [0.1, 0.15) is 12.1 Å². The fourth-order valence-electron chi connectivity index (χ4n) is 2.86. The first kappa shape index (κ1) is 21.4. The topological polar surface area (TPSA) is 99.1 Å². The molecule has 6 nitrogen and oxygen atoms in total. The van der Waals surface area contributed by atoms with E-state index in [1.807, 2.05) is 53.1 Å². The van der Waals surface area contributed by atoms with Gasteiger partial charge in [0.15, 0.2) is 0 Å². The van der Waals surface area contributed by atoms with Crippen LogP contribution in [0.2, 0.25) is 0 Å². The van der Waals surface area contributed by atoms with Crippen molar-refractivity contribution in [2.75, 3.05) is 0 Å². The number of benzene rings is 3. The molecule has 0 radical (unpaired) electrons. The number of rotatable bonds is 2. The van der Waals surface area contributed by atoms with Crippen LogP contribution in [-0.4, -0.2) is 31.9 Å². The highest BCUT2D eigenvalue weighted by atomic mass is 19.4. The Kier molecular flexibility index (Phi) is 5.93. The van der Waals surface area contributed by atoms with Crippen LogP contribution in [0.5, 0.6) is 5.75 Å². The zero-order chi connectivity index (χ0) is 22.6. The van der Waals surface area contributed by atoms with Crippen LogP contribution in [0.3, 0.4) is 0 Å². The second-order valence-corrected chi connectivity index (χ2v) is 6.30. The largest absolute Gasteiger partial charge is 0.508 e. The lowest BCUT2D eigenvalue weighted by Gasteiger charge is -2.10. The van der Waals surface area contributed by atoms with Crippen molar-refractivity contribution in [1.29, 1.82) is 5.26 Å². The van der Waals surface area contributed by atoms with Gasteiger partial charge in [-0.05, 0) is 42.0 Å². The number of hydrogen-bond donors (Lipinski definition) is 2. The van der Waals surface area contributed by atoms with Gasteiger partial charge in [0.05, 0.1) is 22.7 Å². The Labute approximate surface area is 174 Å². The van der Waals surface area contributed by atoms with Crippen LogP contribution in [0, 0.1) is 11.3 Å². The second kappa shape index (κ2) is 8.59. The Morgan fingerprint density at radius 3 is 2.19 bits per heavy atom. The molecule has 9 heteroatoms. The number of alkyl halides is 3. The third kappa shape index (κ3) is 4.82. The molecule has 1 heterocycles. The SMILES string of the molecule is N#Cc1cc(-c2ccc(O)cc2)c2c(c1)ncn2-c1ccccc1.O=C(O)C(F)(F)F. The van der Waals surface area contributed by atoms with Gasteiger partial charge in [-0.1, -0.05) is 30.3 Å². The fourth-order valence-corrected chi connectivity index (χ4v) is 2.86. The maximum Gasteiger partial charge on any atom is 0.490 e. The number of carboxylic acid groups (broad SMARTS) is 1. The van der Waals surface area contributed by atoms with E-state index >= 15 is 0 Å². The van der Waals surface area contributed by atoms with Crippen molar-refractivity contribution < 1.29 is 28.2 Å². The van der Waals surface area contributed by atoms with E-state index in [4.69, 9.17) is 9.90 Å². The van der Waals surface area contributed by atoms with Crippen LogP contribution in [0.15, 0.2) is 73.1 Å². The number of nitriles is 1. The smallest absolute Gasteiger partial charge is 0.490 e. The lowest BCUT2D eigenvalue weighted by molar-refractivity contribution is -0.192. The second-order valence-electron chi connectivity index (χ2n) is 6.30. The van der Waals surface area contributed by atoms with Gasteiger partial charge in [0.25, 0.3) is 0 Å². The quantitative estimate of drug-likeness (QED) is 0.476. The number of carboxylic acids is 1. The van der Waals surface area contributed by atoms with Gasteiger partial charge in [-0.2, -0.15) is 18.4 Å². The molecule has 0 saturated carbocycles. The standard InChI is InChI=1S/C20H13N3O.C2HF3O2/c21-12-14-10-18(15-6-8-17(24)9-7-15)20-19(11-14)22-13-23(20)16-4-2-1-3-5-16;3-2(4,5)1(6)7/h1-11,13,24H;(H,6,7). The Morgan fingerprint density at radius 2 is 1.65 bits per heavy atom. The minimum atomic E-state index is -5.08. The van der Waals surface area contributed by atoms with Gasteiger partial charge in [0, 0.05) is 11.3 Å². The summed E-state index contributed by atoms with van der Waals surface area (Å²) in [7, 11) is 0. The lowest BCUT2D eigenvalue weighted by atomic mass is 10.0. The summed E-state index contributed by atoms with van der Waals surface area (Å²) < 4.78 is 33.7. The normalized spacial score (nSPS) is 10.8. The predicted octanol–water partition coefficient (Wildman–Crippen LogP) is 4.90. The number of halogens is 3. The number of nitrogens with zero attached hydrogens (tertiary/aromatic N) is 3. The molecule has 2 N–H and O–H groups in total. The number of aliphatic carboxylic acids is 1. The number of hydrogen-bond acceptors (Lipinski definition) is 4. The van der Waals surface area contributed by atoms with Crippen LogP contribution in [-0.2, 0) is 4.79 Å². The maximum atomic E-state index is 10.6. The average molecular weight is 425 g/mol. The first-order valence-corrected chi connectivity index (χ1v) is 8.77. The summed E-state index contributed by atoms with van der Waals surface area (Å²) in [4.78, 5) is 13.4. The fraction of sp³-hybridized carbons (Fsp3) is 0.0455. The molecule has 1 aromatic heterocycles. The van der Waals surface area contributed by atoms with Crippen molar-refractivity contribution in [3.05, 3.63) is 78.6 Å². The van der Waals surface area contributed by atoms with E-state index in [1.54, 1.807) is 24.5 Å². The number of fused-ring (bicyclic) bond motifs is 1. The summed E-state index contributed by atoms with van der Waals surface area (Å²) >= 11 is 0. The van der Waals surface area contributed by atoms with Gasteiger partial charge < -0.3 is 10.2 Å². The minimum Gasteiger partial charge on any atom is -0.508 e. The predicted molar refractivity (Wildman–Crippen MR) is 107 cm³/mol. The van der Waals surface area contributed by atoms with E-state index in [1.165, 1.54) is 0 Å². The molecule has 0 aliphatic rings. The Bertz CT molecular complexity index is 1260. The number of phenols is 1. The van der Waals surface area contributed by atoms with Crippen LogP contribution in [0.1, 0.15) is 5.56 Å². The van der Waals surface area contributed by atoms with E-state index in [0.717, 1.165) is 27.8 Å². The molecule has 0 aliphatic carbocycles. The molecule has 0 spiro atoms. The zero-order valence-corrected chi connectivity index (χ0v) is 15.7. The molecule has 0 bridgehead atoms. The molecule has 4 aromatic rings. The molecule has 0 unspecified atom stereocenters. The number of phenolic OH excluding ortho intramolecular Hbond substituents is 1. The summed E-state index contributed by atoms with van der Waals surface area (Å²) in [6.07, 6.45) is -3.31. The summed E-state index contributed by atoms with van der Waals surface area (Å²) in [6.45, 7) is 0. The maximum absolute atomic E-state index is 10.6. The van der Waals surface area contributed by atoms with Crippen LogP contribution < -0.4 is 0 Å². The molecule has 4 rings (SSSR count). The monoisotopic (exact) mass is 425 g/mol. The van der Waals surface area contributed by atoms with Crippen molar-refractivity contribution in [3.8, 4) is 28.6 Å². The molecule has 3 aromatic carbocycles. The molecule has 0 fully saturated rings. The van der Waals surface area contributed by atoms with Gasteiger partial charge in [0.2, 0.25) is 0 Å². The third-order valence-electron chi connectivity index (χ3n) is 4.23. The Morgan fingerprint density at radius 1 is 1.03 bits per heavy atom. The zero-order valence-electron chi connectivity index (χ0n) is 15.7. The molecular weight excluding hydrogens is 411 g/mol. The highest BCUT2D eigenvalue weighted by molar-refractivity contribution is 5.94. The number of carbonyl (C=O) groups is 1. The molecule has 0 saturated heterocycles. The number of imidazole rings is 1. The Balaban J connectivity index is 0.000000339. The Hall–Kier alpha value is -4.32. The molecule has 0 aliphatic heterocycles. The summed E-state index contributed by atoms with van der Waals surface area (Å²) in [5.74, 6) is -2.55. The highest BCUT2D eigenvalue weighted by Gasteiger charge is 2.38. The van der Waals surface area contributed by atoms with E-state index in [0.29, 0.717) is 5.56 Å². The summed E-state index contributed by atoms with van der Waals surface area (Å²) in [5, 5.41) is 26.0. The van der Waals surface area contributed by atoms with Crippen molar-refractivity contribution >= 4 is 17.0 Å². The number of aromatic nitrogens is 2. The average Bonchev–Trinajstić information content (AvgIpc) is 3.18. The van der Waals surface area contributed by atoms with Crippen molar-refractivity contribution in [2.45, 2.75) is 6.18 Å². The van der Waals surface area contributed by atoms with Crippen LogP contribution >= 0.6 is 0 Å². The van der Waals surface area contributed by atoms with Crippen LogP contribution in [0.4, 0.5) is 13.2 Å². The van der Waals surface area contributed by atoms with Crippen molar-refractivity contribution in [1.82, 2.24) is 9.55 Å². The van der Waals surface area contributed by atoms with E-state index < -0.39 is 12.1 Å². The minimum absolute atomic E-state index is 0.211. The van der Waals surface area contributed by atoms with E-state index in [2.05, 4.69) is 11.1 Å². The summed E-state index contributed by atoms with van der Waals surface area (Å²) in [5.41, 5.74) is 5.10. The third-order valence-corrected chi connectivity index (χ3v) is 4.23. The van der Waals surface area contributed by atoms with Crippen molar-refractivity contribution in [3.63, 3.8) is 0 Å².